The first-order chi connectivity index (χ1) is 9.65. The van der Waals surface area contributed by atoms with Crippen LogP contribution in [0, 0.1) is 0 Å². The van der Waals surface area contributed by atoms with Crippen molar-refractivity contribution in [2.75, 3.05) is 38.1 Å². The van der Waals surface area contributed by atoms with Crippen LogP contribution in [0.2, 0.25) is 0 Å². The Hall–Kier alpha value is -0.880. The molecular weight excluding hydrogens is 320 g/mol. The summed E-state index contributed by atoms with van der Waals surface area (Å²) < 4.78 is 1.74. The molecule has 1 amide bonds. The molecule has 2 heterocycles. The van der Waals surface area contributed by atoms with Crippen LogP contribution in [-0.4, -0.2) is 63.5 Å². The summed E-state index contributed by atoms with van der Waals surface area (Å²) in [6, 6.07) is 0. The highest BCUT2D eigenvalue weighted by atomic mass is 79.9. The fourth-order valence-corrected chi connectivity index (χ4v) is 3.16. The number of hydrogen-bond acceptors (Lipinski definition) is 3. The molecule has 0 saturated carbocycles. The molecule has 1 aliphatic heterocycles. The molecular formula is C14H23BrN4O. The zero-order valence-electron chi connectivity index (χ0n) is 12.3. The highest BCUT2D eigenvalue weighted by Crippen LogP contribution is 2.13. The standard InChI is InChI=1S/C14H23BrN4O/c1-3-13-12(11-17(2)16-13)14(20)19-7-4-6-18(8-5-15)9-10-19/h11H,3-10H2,1-2H3. The van der Waals surface area contributed by atoms with Crippen LogP contribution in [-0.2, 0) is 13.5 Å². The average Bonchev–Trinajstić information content (AvgIpc) is 2.66. The number of hydrogen-bond donors (Lipinski definition) is 0. The Labute approximate surface area is 129 Å². The number of aromatic nitrogens is 2. The van der Waals surface area contributed by atoms with Crippen molar-refractivity contribution in [2.45, 2.75) is 19.8 Å². The fraction of sp³-hybridized carbons (Fsp3) is 0.714. The van der Waals surface area contributed by atoms with E-state index < -0.39 is 0 Å². The maximum atomic E-state index is 12.7. The third kappa shape index (κ3) is 3.61. The van der Waals surface area contributed by atoms with E-state index in [-0.39, 0.29) is 5.91 Å². The van der Waals surface area contributed by atoms with Crippen LogP contribution in [0.4, 0.5) is 0 Å². The van der Waals surface area contributed by atoms with Gasteiger partial charge in [-0.2, -0.15) is 5.10 Å². The molecule has 1 aromatic heterocycles. The quantitative estimate of drug-likeness (QED) is 0.779. The molecule has 1 aliphatic rings. The van der Waals surface area contributed by atoms with Crippen molar-refractivity contribution in [2.24, 2.45) is 7.05 Å². The second-order valence-corrected chi connectivity index (χ2v) is 5.99. The van der Waals surface area contributed by atoms with Crippen molar-refractivity contribution in [3.8, 4) is 0 Å². The fourth-order valence-electron chi connectivity index (χ4n) is 2.66. The Kier molecular flexibility index (Phi) is 5.60. The third-order valence-corrected chi connectivity index (χ3v) is 4.10. The summed E-state index contributed by atoms with van der Waals surface area (Å²) in [4.78, 5) is 17.0. The van der Waals surface area contributed by atoms with E-state index in [0.717, 1.165) is 62.2 Å². The minimum atomic E-state index is 0.135. The van der Waals surface area contributed by atoms with Gasteiger partial charge in [-0.3, -0.25) is 9.48 Å². The SMILES string of the molecule is CCc1nn(C)cc1C(=O)N1CCCN(CCBr)CC1. The zero-order valence-corrected chi connectivity index (χ0v) is 13.9. The molecule has 0 spiro atoms. The number of rotatable bonds is 4. The molecule has 20 heavy (non-hydrogen) atoms. The van der Waals surface area contributed by atoms with Gasteiger partial charge in [-0.15, -0.1) is 0 Å². The van der Waals surface area contributed by atoms with Gasteiger partial charge in [0.1, 0.15) is 0 Å². The Morgan fingerprint density at radius 2 is 2.15 bits per heavy atom. The van der Waals surface area contributed by atoms with Gasteiger partial charge in [0.05, 0.1) is 11.3 Å². The second kappa shape index (κ2) is 7.22. The van der Waals surface area contributed by atoms with E-state index in [2.05, 4.69) is 25.9 Å². The van der Waals surface area contributed by atoms with Gasteiger partial charge in [-0.05, 0) is 19.4 Å². The summed E-state index contributed by atoms with van der Waals surface area (Å²) >= 11 is 3.48. The van der Waals surface area contributed by atoms with Crippen molar-refractivity contribution in [3.63, 3.8) is 0 Å². The number of aryl methyl sites for hydroxylation is 2. The third-order valence-electron chi connectivity index (χ3n) is 3.75. The summed E-state index contributed by atoms with van der Waals surface area (Å²) in [5, 5.41) is 5.36. The highest BCUT2D eigenvalue weighted by molar-refractivity contribution is 9.09. The molecule has 0 radical (unpaired) electrons. The lowest BCUT2D eigenvalue weighted by Crippen LogP contribution is -2.35. The Balaban J connectivity index is 2.05. The van der Waals surface area contributed by atoms with Crippen LogP contribution in [0.15, 0.2) is 6.20 Å². The van der Waals surface area contributed by atoms with Gasteiger partial charge in [-0.25, -0.2) is 0 Å². The smallest absolute Gasteiger partial charge is 0.257 e. The van der Waals surface area contributed by atoms with Crippen LogP contribution in [0.5, 0.6) is 0 Å². The van der Waals surface area contributed by atoms with E-state index in [9.17, 15) is 4.79 Å². The number of carbonyl (C=O) groups excluding carboxylic acids is 1. The van der Waals surface area contributed by atoms with E-state index in [4.69, 9.17) is 0 Å². The first-order valence-corrected chi connectivity index (χ1v) is 8.38. The van der Waals surface area contributed by atoms with Crippen LogP contribution in [0.1, 0.15) is 29.4 Å². The summed E-state index contributed by atoms with van der Waals surface area (Å²) in [6.45, 7) is 6.77. The van der Waals surface area contributed by atoms with Gasteiger partial charge in [0.2, 0.25) is 0 Å². The van der Waals surface area contributed by atoms with Gasteiger partial charge in [0.25, 0.3) is 5.91 Å². The zero-order chi connectivity index (χ0) is 14.5. The monoisotopic (exact) mass is 342 g/mol. The van der Waals surface area contributed by atoms with E-state index in [1.165, 1.54) is 0 Å². The molecule has 5 nitrogen and oxygen atoms in total. The molecule has 6 heteroatoms. The van der Waals surface area contributed by atoms with E-state index in [1.54, 1.807) is 4.68 Å². The predicted molar refractivity (Wildman–Crippen MR) is 83.3 cm³/mol. The van der Waals surface area contributed by atoms with Gasteiger partial charge in [-0.1, -0.05) is 22.9 Å². The molecule has 112 valence electrons. The number of amides is 1. The van der Waals surface area contributed by atoms with Gasteiger partial charge < -0.3 is 9.80 Å². The Bertz CT molecular complexity index is 460. The second-order valence-electron chi connectivity index (χ2n) is 5.19. The highest BCUT2D eigenvalue weighted by Gasteiger charge is 2.23. The van der Waals surface area contributed by atoms with Crippen LogP contribution < -0.4 is 0 Å². The van der Waals surface area contributed by atoms with Gasteiger partial charge in [0.15, 0.2) is 0 Å². The predicted octanol–water partition coefficient (Wildman–Crippen LogP) is 1.53. The van der Waals surface area contributed by atoms with Crippen molar-refractivity contribution in [3.05, 3.63) is 17.5 Å². The van der Waals surface area contributed by atoms with Crippen molar-refractivity contribution >= 4 is 21.8 Å². The molecule has 0 bridgehead atoms. The summed E-state index contributed by atoms with van der Waals surface area (Å²) in [5.41, 5.74) is 1.67. The van der Waals surface area contributed by atoms with Gasteiger partial charge in [0, 0.05) is 44.8 Å². The minimum Gasteiger partial charge on any atom is -0.337 e. The normalized spacial score (nSPS) is 17.2. The summed E-state index contributed by atoms with van der Waals surface area (Å²) in [6.07, 6.45) is 3.69. The van der Waals surface area contributed by atoms with Crippen LogP contribution >= 0.6 is 15.9 Å². The first-order valence-electron chi connectivity index (χ1n) is 7.25. The van der Waals surface area contributed by atoms with Crippen molar-refractivity contribution in [1.29, 1.82) is 0 Å². The maximum absolute atomic E-state index is 12.7. The van der Waals surface area contributed by atoms with Crippen LogP contribution in [0.25, 0.3) is 0 Å². The van der Waals surface area contributed by atoms with Crippen molar-refractivity contribution in [1.82, 2.24) is 19.6 Å². The summed E-state index contributed by atoms with van der Waals surface area (Å²) in [5.74, 6) is 0.135. The van der Waals surface area contributed by atoms with E-state index >= 15 is 0 Å². The first kappa shape index (κ1) is 15.5. The average molecular weight is 343 g/mol. The lowest BCUT2D eigenvalue weighted by Gasteiger charge is -2.21. The molecule has 1 fully saturated rings. The molecule has 0 N–H and O–H groups in total. The minimum absolute atomic E-state index is 0.135. The lowest BCUT2D eigenvalue weighted by atomic mass is 10.2. The van der Waals surface area contributed by atoms with Crippen molar-refractivity contribution < 1.29 is 4.79 Å². The molecule has 0 atom stereocenters. The lowest BCUT2D eigenvalue weighted by molar-refractivity contribution is 0.0760. The molecule has 2 rings (SSSR count). The molecule has 1 saturated heterocycles. The molecule has 0 unspecified atom stereocenters. The number of nitrogens with zero attached hydrogens (tertiary/aromatic N) is 4. The Morgan fingerprint density at radius 1 is 1.35 bits per heavy atom. The molecule has 1 aromatic rings. The Morgan fingerprint density at radius 3 is 2.85 bits per heavy atom. The topological polar surface area (TPSA) is 41.4 Å². The van der Waals surface area contributed by atoms with E-state index in [1.807, 2.05) is 25.1 Å². The molecule has 0 aromatic carbocycles. The van der Waals surface area contributed by atoms with E-state index in [0.29, 0.717) is 0 Å². The number of alkyl halides is 1. The van der Waals surface area contributed by atoms with Crippen LogP contribution in [0.3, 0.4) is 0 Å². The van der Waals surface area contributed by atoms with Gasteiger partial charge >= 0.3 is 0 Å². The maximum Gasteiger partial charge on any atom is 0.257 e. The molecule has 0 aliphatic carbocycles. The number of carbonyl (C=O) groups is 1. The summed E-state index contributed by atoms with van der Waals surface area (Å²) in [7, 11) is 1.87. The largest absolute Gasteiger partial charge is 0.337 e. The number of halogens is 1.